The van der Waals surface area contributed by atoms with Crippen LogP contribution in [-0.2, 0) is 12.8 Å². The summed E-state index contributed by atoms with van der Waals surface area (Å²) >= 11 is 3.49. The highest BCUT2D eigenvalue weighted by Gasteiger charge is 2.10. The summed E-state index contributed by atoms with van der Waals surface area (Å²) in [7, 11) is 2.04. The van der Waals surface area contributed by atoms with Crippen LogP contribution in [0.2, 0.25) is 0 Å². The molecule has 2 aromatic rings. The molecule has 112 valence electrons. The van der Waals surface area contributed by atoms with Gasteiger partial charge in [-0.2, -0.15) is 0 Å². The molecule has 0 radical (unpaired) electrons. The van der Waals surface area contributed by atoms with Gasteiger partial charge >= 0.3 is 0 Å². The van der Waals surface area contributed by atoms with Gasteiger partial charge in [0.05, 0.1) is 0 Å². The average molecular weight is 346 g/mol. The topological polar surface area (TPSA) is 12.0 Å². The molecule has 1 unspecified atom stereocenters. The molecule has 0 amide bonds. The second kappa shape index (κ2) is 8.35. The lowest BCUT2D eigenvalue weighted by atomic mass is 9.97. The Bertz CT molecular complexity index is 530. The molecule has 0 heterocycles. The average Bonchev–Trinajstić information content (AvgIpc) is 2.53. The van der Waals surface area contributed by atoms with Crippen LogP contribution in [-0.4, -0.2) is 7.05 Å². The Morgan fingerprint density at radius 2 is 1.57 bits per heavy atom. The fourth-order valence-electron chi connectivity index (χ4n) is 2.54. The molecule has 2 aromatic carbocycles. The van der Waals surface area contributed by atoms with Crippen molar-refractivity contribution in [1.82, 2.24) is 5.32 Å². The van der Waals surface area contributed by atoms with Gasteiger partial charge in [-0.1, -0.05) is 65.7 Å². The molecule has 0 aliphatic rings. The van der Waals surface area contributed by atoms with E-state index in [1.54, 1.807) is 0 Å². The summed E-state index contributed by atoms with van der Waals surface area (Å²) < 4.78 is 1.13. The molecular weight excluding hydrogens is 322 g/mol. The first-order chi connectivity index (χ1) is 10.2. The number of halogens is 1. The summed E-state index contributed by atoms with van der Waals surface area (Å²) in [6.45, 7) is 2.24. The van der Waals surface area contributed by atoms with E-state index in [2.05, 4.69) is 76.7 Å². The molecule has 0 spiro atoms. The highest BCUT2D eigenvalue weighted by Crippen LogP contribution is 2.20. The Kier molecular flexibility index (Phi) is 6.47. The van der Waals surface area contributed by atoms with Crippen molar-refractivity contribution in [3.8, 4) is 0 Å². The quantitative estimate of drug-likeness (QED) is 0.718. The Labute approximate surface area is 136 Å². The second-order valence-electron chi connectivity index (χ2n) is 5.52. The van der Waals surface area contributed by atoms with Gasteiger partial charge in [0, 0.05) is 10.5 Å². The number of aryl methyl sites for hydroxylation is 1. The van der Waals surface area contributed by atoms with E-state index < -0.39 is 0 Å². The van der Waals surface area contributed by atoms with E-state index in [4.69, 9.17) is 0 Å². The number of nitrogens with one attached hydrogen (secondary N) is 1. The largest absolute Gasteiger partial charge is 0.313 e. The van der Waals surface area contributed by atoms with Crippen molar-refractivity contribution < 1.29 is 0 Å². The van der Waals surface area contributed by atoms with Gasteiger partial charge in [0.25, 0.3) is 0 Å². The zero-order valence-corrected chi connectivity index (χ0v) is 14.5. The molecule has 1 atom stereocenters. The van der Waals surface area contributed by atoms with Gasteiger partial charge in [0.2, 0.25) is 0 Å². The number of unbranched alkanes of at least 4 members (excludes halogenated alkanes) is 1. The Morgan fingerprint density at radius 1 is 0.952 bits per heavy atom. The molecule has 0 fully saturated rings. The van der Waals surface area contributed by atoms with Crippen LogP contribution in [0.25, 0.3) is 0 Å². The highest BCUT2D eigenvalue weighted by atomic mass is 79.9. The normalized spacial score (nSPS) is 12.3. The number of hydrogen-bond acceptors (Lipinski definition) is 1. The van der Waals surface area contributed by atoms with E-state index in [0.717, 1.165) is 10.9 Å². The molecule has 2 heteroatoms. The standard InChI is InChI=1S/C19H24BrN/c1-3-4-5-15-6-10-17(11-7-15)19(21-2)14-16-8-12-18(20)13-9-16/h6-13,19,21H,3-5,14H2,1-2H3. The van der Waals surface area contributed by atoms with Gasteiger partial charge in [-0.25, -0.2) is 0 Å². The Balaban J connectivity index is 2.04. The zero-order valence-electron chi connectivity index (χ0n) is 12.9. The lowest BCUT2D eigenvalue weighted by Gasteiger charge is -2.17. The Morgan fingerprint density at radius 3 is 2.14 bits per heavy atom. The lowest BCUT2D eigenvalue weighted by molar-refractivity contribution is 0.591. The van der Waals surface area contributed by atoms with Crippen molar-refractivity contribution in [2.24, 2.45) is 0 Å². The predicted molar refractivity (Wildman–Crippen MR) is 94.7 cm³/mol. The summed E-state index contributed by atoms with van der Waals surface area (Å²) in [6, 6.07) is 18.0. The molecule has 0 aliphatic carbocycles. The van der Waals surface area contributed by atoms with Crippen LogP contribution in [0.3, 0.4) is 0 Å². The van der Waals surface area contributed by atoms with Crippen molar-refractivity contribution in [2.45, 2.75) is 38.6 Å². The van der Waals surface area contributed by atoms with E-state index in [1.807, 2.05) is 7.05 Å². The van der Waals surface area contributed by atoms with Crippen molar-refractivity contribution in [3.05, 3.63) is 69.7 Å². The maximum absolute atomic E-state index is 3.49. The van der Waals surface area contributed by atoms with Crippen molar-refractivity contribution in [3.63, 3.8) is 0 Å². The van der Waals surface area contributed by atoms with Gasteiger partial charge in [-0.3, -0.25) is 0 Å². The SMILES string of the molecule is CCCCc1ccc(C(Cc2ccc(Br)cc2)NC)cc1. The molecule has 21 heavy (non-hydrogen) atoms. The van der Waals surface area contributed by atoms with Crippen LogP contribution in [0.4, 0.5) is 0 Å². The fourth-order valence-corrected chi connectivity index (χ4v) is 2.80. The van der Waals surface area contributed by atoms with Crippen LogP contribution in [0.15, 0.2) is 53.0 Å². The van der Waals surface area contributed by atoms with Crippen molar-refractivity contribution >= 4 is 15.9 Å². The predicted octanol–water partition coefficient (Wildman–Crippen LogP) is 5.29. The van der Waals surface area contributed by atoms with Gasteiger partial charge in [0.15, 0.2) is 0 Å². The number of likely N-dealkylation sites (N-methyl/N-ethyl adjacent to an activating group) is 1. The summed E-state index contributed by atoms with van der Waals surface area (Å²) in [5, 5.41) is 3.43. The van der Waals surface area contributed by atoms with Gasteiger partial charge < -0.3 is 5.32 Å². The third-order valence-corrected chi connectivity index (χ3v) is 4.43. The second-order valence-corrected chi connectivity index (χ2v) is 6.43. The van der Waals surface area contributed by atoms with Crippen molar-refractivity contribution in [1.29, 1.82) is 0 Å². The van der Waals surface area contributed by atoms with E-state index in [-0.39, 0.29) is 0 Å². The third kappa shape index (κ3) is 4.98. The fraction of sp³-hybridized carbons (Fsp3) is 0.368. The maximum Gasteiger partial charge on any atom is 0.0358 e. The minimum atomic E-state index is 0.367. The van der Waals surface area contributed by atoms with Crippen LogP contribution in [0.1, 0.15) is 42.5 Å². The first-order valence-electron chi connectivity index (χ1n) is 7.73. The third-order valence-electron chi connectivity index (χ3n) is 3.90. The molecule has 0 bridgehead atoms. The lowest BCUT2D eigenvalue weighted by Crippen LogP contribution is -2.18. The number of benzene rings is 2. The smallest absolute Gasteiger partial charge is 0.0358 e. The van der Waals surface area contributed by atoms with E-state index in [9.17, 15) is 0 Å². The zero-order chi connectivity index (χ0) is 15.1. The van der Waals surface area contributed by atoms with Gasteiger partial charge in [-0.05, 0) is 55.1 Å². The summed E-state index contributed by atoms with van der Waals surface area (Å²) in [5.41, 5.74) is 4.16. The van der Waals surface area contributed by atoms with Crippen molar-refractivity contribution in [2.75, 3.05) is 7.05 Å². The van der Waals surface area contributed by atoms with E-state index in [0.29, 0.717) is 6.04 Å². The van der Waals surface area contributed by atoms with E-state index >= 15 is 0 Å². The highest BCUT2D eigenvalue weighted by molar-refractivity contribution is 9.10. The first kappa shape index (κ1) is 16.3. The Hall–Kier alpha value is -1.12. The molecule has 0 aromatic heterocycles. The molecule has 1 nitrogen and oxygen atoms in total. The molecule has 0 saturated carbocycles. The van der Waals surface area contributed by atoms with Gasteiger partial charge in [-0.15, -0.1) is 0 Å². The monoisotopic (exact) mass is 345 g/mol. The minimum absolute atomic E-state index is 0.367. The van der Waals surface area contributed by atoms with Crippen LogP contribution >= 0.6 is 15.9 Å². The number of rotatable bonds is 7. The van der Waals surface area contributed by atoms with Crippen LogP contribution in [0, 0.1) is 0 Å². The summed E-state index contributed by atoms with van der Waals surface area (Å²) in [5.74, 6) is 0. The molecule has 1 N–H and O–H groups in total. The van der Waals surface area contributed by atoms with E-state index in [1.165, 1.54) is 36.0 Å². The molecule has 0 saturated heterocycles. The molecule has 2 rings (SSSR count). The molecule has 0 aliphatic heterocycles. The minimum Gasteiger partial charge on any atom is -0.313 e. The van der Waals surface area contributed by atoms with Gasteiger partial charge in [0.1, 0.15) is 0 Å². The summed E-state index contributed by atoms with van der Waals surface area (Å²) in [6.07, 6.45) is 4.73. The maximum atomic E-state index is 3.49. The summed E-state index contributed by atoms with van der Waals surface area (Å²) in [4.78, 5) is 0. The van der Waals surface area contributed by atoms with Crippen LogP contribution < -0.4 is 5.32 Å². The van der Waals surface area contributed by atoms with Crippen LogP contribution in [0.5, 0.6) is 0 Å². The first-order valence-corrected chi connectivity index (χ1v) is 8.52. The molecular formula is C19H24BrN. The number of hydrogen-bond donors (Lipinski definition) is 1.